The van der Waals surface area contributed by atoms with Gasteiger partial charge >= 0.3 is 5.97 Å². The van der Waals surface area contributed by atoms with Gasteiger partial charge in [-0.25, -0.2) is 4.79 Å². The van der Waals surface area contributed by atoms with E-state index in [9.17, 15) is 14.7 Å². The number of hydrogen-bond donors (Lipinski definition) is 3. The smallest absolute Gasteiger partial charge is 0.335 e. The molecule has 0 saturated carbocycles. The molecule has 204 valence electrons. The Hall–Kier alpha value is -3.95. The van der Waals surface area contributed by atoms with Gasteiger partial charge in [-0.2, -0.15) is 0 Å². The lowest BCUT2D eigenvalue weighted by Crippen LogP contribution is -2.31. The van der Waals surface area contributed by atoms with Gasteiger partial charge in [0, 0.05) is 33.9 Å². The number of carboxylic acid groups (broad SMARTS) is 1. The number of carbonyl (C=O) groups is 2. The number of anilines is 1. The van der Waals surface area contributed by atoms with E-state index in [4.69, 9.17) is 14.6 Å². The van der Waals surface area contributed by atoms with Crippen molar-refractivity contribution in [2.45, 2.75) is 36.4 Å². The van der Waals surface area contributed by atoms with Crippen molar-refractivity contribution >= 4 is 29.3 Å². The van der Waals surface area contributed by atoms with Gasteiger partial charge in [0.25, 0.3) is 5.91 Å². The average Bonchev–Trinajstić information content (AvgIpc) is 3.00. The molecule has 0 bridgehead atoms. The van der Waals surface area contributed by atoms with Crippen molar-refractivity contribution in [3.05, 3.63) is 131 Å². The second kappa shape index (κ2) is 12.9. The number of aliphatic hydroxyl groups is 1. The van der Waals surface area contributed by atoms with Crippen molar-refractivity contribution in [3.8, 4) is 0 Å². The van der Waals surface area contributed by atoms with Crippen molar-refractivity contribution in [1.82, 2.24) is 0 Å². The summed E-state index contributed by atoms with van der Waals surface area (Å²) in [5.74, 6) is -0.514. The summed E-state index contributed by atoms with van der Waals surface area (Å²) in [4.78, 5) is 24.8. The van der Waals surface area contributed by atoms with E-state index >= 15 is 0 Å². The highest BCUT2D eigenvalue weighted by Crippen LogP contribution is 2.40. The molecule has 1 aliphatic rings. The molecule has 1 amide bonds. The molecule has 0 aromatic heterocycles. The monoisotopic (exact) mass is 555 g/mol. The zero-order valence-corrected chi connectivity index (χ0v) is 22.4. The molecule has 0 spiro atoms. The van der Waals surface area contributed by atoms with Crippen LogP contribution in [0.5, 0.6) is 0 Å². The minimum absolute atomic E-state index is 0.0288. The lowest BCUT2D eigenvalue weighted by Gasteiger charge is -2.36. The third-order valence-electron chi connectivity index (χ3n) is 6.60. The number of thioether (sulfide) groups is 1. The van der Waals surface area contributed by atoms with Crippen molar-refractivity contribution < 1.29 is 29.3 Å². The molecule has 7 nitrogen and oxygen atoms in total. The molecule has 3 N–H and O–H groups in total. The molecule has 4 aromatic rings. The molecule has 3 unspecified atom stereocenters. The molecule has 4 aromatic carbocycles. The first-order valence-corrected chi connectivity index (χ1v) is 13.9. The van der Waals surface area contributed by atoms with Crippen LogP contribution in [0.4, 0.5) is 5.69 Å². The third kappa shape index (κ3) is 6.97. The van der Waals surface area contributed by atoms with Gasteiger partial charge in [-0.1, -0.05) is 54.6 Å². The number of ether oxygens (including phenoxy) is 2. The number of amides is 1. The maximum atomic E-state index is 12.7. The summed E-state index contributed by atoms with van der Waals surface area (Å²) in [5.41, 5.74) is 4.04. The Morgan fingerprint density at radius 1 is 0.825 bits per heavy atom. The van der Waals surface area contributed by atoms with E-state index in [0.717, 1.165) is 21.6 Å². The largest absolute Gasteiger partial charge is 0.478 e. The van der Waals surface area contributed by atoms with E-state index in [-0.39, 0.29) is 30.3 Å². The second-order valence-corrected chi connectivity index (χ2v) is 10.5. The van der Waals surface area contributed by atoms with Gasteiger partial charge in [-0.05, 0) is 59.7 Å². The predicted molar refractivity (Wildman–Crippen MR) is 153 cm³/mol. The van der Waals surface area contributed by atoms with Crippen molar-refractivity contribution in [1.29, 1.82) is 0 Å². The number of carbonyl (C=O) groups excluding carboxylic acids is 1. The minimum atomic E-state index is -0.954. The number of carboxylic acids is 1. The molecule has 8 heteroatoms. The lowest BCUT2D eigenvalue weighted by molar-refractivity contribution is -0.245. The molecule has 40 heavy (non-hydrogen) atoms. The van der Waals surface area contributed by atoms with E-state index in [1.165, 1.54) is 0 Å². The van der Waals surface area contributed by atoms with Gasteiger partial charge < -0.3 is 25.0 Å². The minimum Gasteiger partial charge on any atom is -0.478 e. The number of benzene rings is 4. The molecule has 0 radical (unpaired) electrons. The summed E-state index contributed by atoms with van der Waals surface area (Å²) in [5, 5.41) is 21.6. The van der Waals surface area contributed by atoms with Crippen LogP contribution in [-0.2, 0) is 16.1 Å². The van der Waals surface area contributed by atoms with E-state index in [1.807, 2.05) is 66.7 Å². The fraction of sp³-hybridized carbons (Fsp3) is 0.188. The SMILES string of the molecule is O=C(O)c1ccc(SCC2CC(c3ccc(CO)cc3)OC(c3cccc(NC(=O)c4ccccc4)c3)O2)cc1. The van der Waals surface area contributed by atoms with Gasteiger partial charge in [0.1, 0.15) is 0 Å². The van der Waals surface area contributed by atoms with E-state index < -0.39 is 12.3 Å². The Labute approximate surface area is 236 Å². The summed E-state index contributed by atoms with van der Waals surface area (Å²) >= 11 is 1.59. The first-order chi connectivity index (χ1) is 19.5. The standard InChI is InChI=1S/C32H29NO6S/c34-19-21-9-11-22(12-10-21)29-18-27(20-40-28-15-13-24(14-16-28)31(36)37)38-32(39-29)25-7-4-8-26(17-25)33-30(35)23-5-2-1-3-6-23/h1-17,27,29,32,34H,18-20H2,(H,33,35)(H,36,37). The van der Waals surface area contributed by atoms with E-state index in [0.29, 0.717) is 23.4 Å². The van der Waals surface area contributed by atoms with Crippen LogP contribution < -0.4 is 5.32 Å². The van der Waals surface area contributed by atoms with E-state index in [2.05, 4.69) is 5.32 Å². The summed E-state index contributed by atoms with van der Waals surface area (Å²) in [6.07, 6.45) is -0.438. The summed E-state index contributed by atoms with van der Waals surface area (Å²) in [6.45, 7) is -0.0288. The Morgan fingerprint density at radius 3 is 2.27 bits per heavy atom. The summed E-state index contributed by atoms with van der Waals surface area (Å²) < 4.78 is 12.8. The van der Waals surface area contributed by atoms with Crippen LogP contribution in [0.15, 0.2) is 108 Å². The predicted octanol–water partition coefficient (Wildman–Crippen LogP) is 6.47. The van der Waals surface area contributed by atoms with Crippen LogP contribution in [0.3, 0.4) is 0 Å². The number of aliphatic hydroxyl groups excluding tert-OH is 1. The molecule has 1 aliphatic heterocycles. The highest BCUT2D eigenvalue weighted by atomic mass is 32.2. The molecular weight excluding hydrogens is 526 g/mol. The molecule has 1 saturated heterocycles. The van der Waals surface area contributed by atoms with Crippen LogP contribution in [0.1, 0.15) is 56.2 Å². The number of nitrogens with one attached hydrogen (secondary N) is 1. The van der Waals surface area contributed by atoms with Crippen molar-refractivity contribution in [2.75, 3.05) is 11.1 Å². The lowest BCUT2D eigenvalue weighted by atomic mass is 10.0. The first-order valence-electron chi connectivity index (χ1n) is 12.9. The highest BCUT2D eigenvalue weighted by Gasteiger charge is 2.32. The Bertz CT molecular complexity index is 1440. The van der Waals surface area contributed by atoms with Crippen LogP contribution in [0.2, 0.25) is 0 Å². The molecule has 1 fully saturated rings. The van der Waals surface area contributed by atoms with Crippen LogP contribution in [0, 0.1) is 0 Å². The van der Waals surface area contributed by atoms with Gasteiger partial charge in [0.2, 0.25) is 0 Å². The highest BCUT2D eigenvalue weighted by molar-refractivity contribution is 7.99. The number of hydrogen-bond acceptors (Lipinski definition) is 6. The van der Waals surface area contributed by atoms with Crippen molar-refractivity contribution in [2.24, 2.45) is 0 Å². The molecule has 1 heterocycles. The Morgan fingerprint density at radius 2 is 1.57 bits per heavy atom. The topological polar surface area (TPSA) is 105 Å². The number of aromatic carboxylic acids is 1. The number of rotatable bonds is 9. The average molecular weight is 556 g/mol. The van der Waals surface area contributed by atoms with Gasteiger partial charge in [0.05, 0.1) is 24.4 Å². The van der Waals surface area contributed by atoms with Gasteiger partial charge in [-0.15, -0.1) is 11.8 Å². The summed E-state index contributed by atoms with van der Waals surface area (Å²) in [6, 6.07) is 31.0. The zero-order chi connectivity index (χ0) is 27.9. The zero-order valence-electron chi connectivity index (χ0n) is 21.6. The second-order valence-electron chi connectivity index (χ2n) is 9.44. The quantitative estimate of drug-likeness (QED) is 0.203. The Balaban J connectivity index is 1.34. The maximum Gasteiger partial charge on any atom is 0.335 e. The molecule has 3 atom stereocenters. The van der Waals surface area contributed by atoms with E-state index in [1.54, 1.807) is 48.2 Å². The fourth-order valence-corrected chi connectivity index (χ4v) is 5.38. The molecule has 0 aliphatic carbocycles. The molecular formula is C32H29NO6S. The van der Waals surface area contributed by atoms with Crippen LogP contribution >= 0.6 is 11.8 Å². The normalized spacial score (nSPS) is 18.7. The maximum absolute atomic E-state index is 12.7. The van der Waals surface area contributed by atoms with Crippen LogP contribution in [0.25, 0.3) is 0 Å². The van der Waals surface area contributed by atoms with Crippen LogP contribution in [-0.4, -0.2) is 33.9 Å². The Kier molecular flexibility index (Phi) is 8.93. The van der Waals surface area contributed by atoms with Gasteiger partial charge in [0.15, 0.2) is 6.29 Å². The third-order valence-corrected chi connectivity index (χ3v) is 7.75. The summed E-state index contributed by atoms with van der Waals surface area (Å²) in [7, 11) is 0. The van der Waals surface area contributed by atoms with Gasteiger partial charge in [-0.3, -0.25) is 4.79 Å². The van der Waals surface area contributed by atoms with Crippen molar-refractivity contribution in [3.63, 3.8) is 0 Å². The first kappa shape index (κ1) is 27.6. The fourth-order valence-electron chi connectivity index (χ4n) is 4.46. The molecule has 5 rings (SSSR count).